The van der Waals surface area contributed by atoms with Gasteiger partial charge in [0.2, 0.25) is 0 Å². The van der Waals surface area contributed by atoms with Crippen LogP contribution < -0.4 is 0 Å². The van der Waals surface area contributed by atoms with E-state index in [1.165, 1.54) is 23.3 Å². The highest BCUT2D eigenvalue weighted by atomic mass is 16.3. The van der Waals surface area contributed by atoms with Crippen molar-refractivity contribution in [3.63, 3.8) is 0 Å². The van der Waals surface area contributed by atoms with Crippen molar-refractivity contribution in [2.24, 2.45) is 16.8 Å². The Kier molecular flexibility index (Phi) is 2.55. The molecular weight excluding hydrogens is 272 g/mol. The zero-order valence-electron chi connectivity index (χ0n) is 13.0. The molecule has 1 aromatic carbocycles. The fraction of sp³-hybridized carbons (Fsp3) is 0.526. The first-order valence-electron chi connectivity index (χ1n) is 8.48. The number of nitrogens with zero attached hydrogens (tertiary/aromatic N) is 2. The molecule has 1 aliphatic carbocycles. The van der Waals surface area contributed by atoms with Crippen molar-refractivity contribution in [1.82, 2.24) is 4.90 Å². The minimum Gasteiger partial charge on any atom is -0.396 e. The standard InChI is InChI=1S/C19H22N2O/c1-2-12-10-21-8-7-19-15-5-3-4-6-16(15)20-18(19)14(11-22)13(12)9-17(19)21/h2-6,13-14,17,22H,7-11H2,1H3. The SMILES string of the molecule is CC=C1CN2CCC34C(=Nc5ccccc53)C(CO)C1CC24. The summed E-state index contributed by atoms with van der Waals surface area (Å²) in [7, 11) is 0. The summed E-state index contributed by atoms with van der Waals surface area (Å²) in [5, 5.41) is 10.1. The molecule has 0 radical (unpaired) electrons. The average Bonchev–Trinajstić information content (AvgIpc) is 3.11. The Morgan fingerprint density at radius 1 is 1.41 bits per heavy atom. The molecule has 114 valence electrons. The van der Waals surface area contributed by atoms with E-state index in [9.17, 15) is 5.11 Å². The first-order chi connectivity index (χ1) is 10.8. The maximum Gasteiger partial charge on any atom is 0.0671 e. The molecule has 3 nitrogen and oxygen atoms in total. The van der Waals surface area contributed by atoms with E-state index in [1.54, 1.807) is 0 Å². The maximum absolute atomic E-state index is 10.1. The van der Waals surface area contributed by atoms with Crippen LogP contribution in [0.25, 0.3) is 0 Å². The molecule has 1 saturated carbocycles. The molecule has 1 N–H and O–H groups in total. The van der Waals surface area contributed by atoms with Gasteiger partial charge in [-0.2, -0.15) is 0 Å². The lowest BCUT2D eigenvalue weighted by atomic mass is 9.57. The average molecular weight is 294 g/mol. The largest absolute Gasteiger partial charge is 0.396 e. The first-order valence-corrected chi connectivity index (χ1v) is 8.48. The van der Waals surface area contributed by atoms with Gasteiger partial charge in [-0.15, -0.1) is 0 Å². The van der Waals surface area contributed by atoms with Crippen molar-refractivity contribution >= 4 is 11.4 Å². The van der Waals surface area contributed by atoms with Crippen LogP contribution in [0.4, 0.5) is 5.69 Å². The normalized spacial score (nSPS) is 40.5. The van der Waals surface area contributed by atoms with Crippen LogP contribution >= 0.6 is 0 Å². The smallest absolute Gasteiger partial charge is 0.0671 e. The predicted octanol–water partition coefficient (Wildman–Crippen LogP) is 2.67. The van der Waals surface area contributed by atoms with Crippen molar-refractivity contribution < 1.29 is 5.11 Å². The molecule has 0 aromatic heterocycles. The van der Waals surface area contributed by atoms with Crippen molar-refractivity contribution in [2.45, 2.75) is 31.2 Å². The lowest BCUT2D eigenvalue weighted by Crippen LogP contribution is -2.59. The molecular formula is C19H22N2O. The van der Waals surface area contributed by atoms with E-state index < -0.39 is 0 Å². The number of benzene rings is 1. The summed E-state index contributed by atoms with van der Waals surface area (Å²) >= 11 is 0. The molecule has 0 amide bonds. The molecule has 2 saturated heterocycles. The zero-order valence-corrected chi connectivity index (χ0v) is 13.0. The molecule has 1 spiro atoms. The fourth-order valence-corrected chi connectivity index (χ4v) is 5.71. The summed E-state index contributed by atoms with van der Waals surface area (Å²) in [5.74, 6) is 0.686. The van der Waals surface area contributed by atoms with Crippen LogP contribution in [0.2, 0.25) is 0 Å². The molecule has 3 aliphatic heterocycles. The highest BCUT2D eigenvalue weighted by molar-refractivity contribution is 6.05. The van der Waals surface area contributed by atoms with Gasteiger partial charge in [0.15, 0.2) is 0 Å². The molecule has 3 heterocycles. The second kappa shape index (κ2) is 4.30. The molecule has 3 heteroatoms. The minimum absolute atomic E-state index is 0.0831. The number of aliphatic imine (C=N–C) groups is 1. The van der Waals surface area contributed by atoms with Crippen molar-refractivity contribution in [3.8, 4) is 0 Å². The van der Waals surface area contributed by atoms with Crippen LogP contribution in [0.1, 0.15) is 25.3 Å². The van der Waals surface area contributed by atoms with E-state index in [2.05, 4.69) is 42.2 Å². The number of aliphatic hydroxyl groups is 1. The van der Waals surface area contributed by atoms with Gasteiger partial charge >= 0.3 is 0 Å². The Morgan fingerprint density at radius 3 is 3.09 bits per heavy atom. The van der Waals surface area contributed by atoms with Gasteiger partial charge in [-0.05, 0) is 37.3 Å². The number of piperidine rings is 1. The molecule has 2 bridgehead atoms. The summed E-state index contributed by atoms with van der Waals surface area (Å²) in [4.78, 5) is 7.71. The number of allylic oxidation sites excluding steroid dienone is 1. The van der Waals surface area contributed by atoms with Gasteiger partial charge in [-0.25, -0.2) is 0 Å². The number of hydrogen-bond donors (Lipinski definition) is 1. The molecule has 4 atom stereocenters. The van der Waals surface area contributed by atoms with Crippen molar-refractivity contribution in [2.75, 3.05) is 19.7 Å². The number of hydrogen-bond acceptors (Lipinski definition) is 3. The van der Waals surface area contributed by atoms with Crippen LogP contribution in [-0.2, 0) is 5.41 Å². The van der Waals surface area contributed by atoms with Gasteiger partial charge in [0.25, 0.3) is 0 Å². The van der Waals surface area contributed by atoms with Gasteiger partial charge in [-0.3, -0.25) is 9.89 Å². The number of rotatable bonds is 1. The molecule has 1 aromatic rings. The van der Waals surface area contributed by atoms with Crippen LogP contribution in [0.5, 0.6) is 0 Å². The Hall–Kier alpha value is -1.45. The number of aliphatic hydroxyl groups excluding tert-OH is 1. The van der Waals surface area contributed by atoms with E-state index in [-0.39, 0.29) is 17.9 Å². The van der Waals surface area contributed by atoms with E-state index in [0.717, 1.165) is 25.2 Å². The topological polar surface area (TPSA) is 35.8 Å². The van der Waals surface area contributed by atoms with E-state index in [1.807, 2.05) is 0 Å². The minimum atomic E-state index is 0.0831. The zero-order chi connectivity index (χ0) is 14.9. The highest BCUT2D eigenvalue weighted by Gasteiger charge is 2.62. The van der Waals surface area contributed by atoms with Crippen LogP contribution in [0, 0.1) is 11.8 Å². The van der Waals surface area contributed by atoms with Gasteiger partial charge in [0.1, 0.15) is 0 Å². The second-order valence-corrected chi connectivity index (χ2v) is 7.22. The number of fused-ring (bicyclic) bond motifs is 2. The second-order valence-electron chi connectivity index (χ2n) is 7.22. The third-order valence-electron chi connectivity index (χ3n) is 6.63. The predicted molar refractivity (Wildman–Crippen MR) is 87.6 cm³/mol. The molecule has 3 fully saturated rings. The summed E-state index contributed by atoms with van der Waals surface area (Å²) in [6, 6.07) is 9.23. The quantitative estimate of drug-likeness (QED) is 0.808. The third-order valence-corrected chi connectivity index (χ3v) is 6.63. The molecule has 5 rings (SSSR count). The van der Waals surface area contributed by atoms with Crippen LogP contribution in [-0.4, -0.2) is 41.5 Å². The Balaban J connectivity index is 1.75. The Morgan fingerprint density at radius 2 is 2.27 bits per heavy atom. The van der Waals surface area contributed by atoms with Crippen molar-refractivity contribution in [1.29, 1.82) is 0 Å². The van der Waals surface area contributed by atoms with Gasteiger partial charge in [0, 0.05) is 30.8 Å². The van der Waals surface area contributed by atoms with E-state index in [0.29, 0.717) is 12.0 Å². The molecule has 4 aliphatic rings. The van der Waals surface area contributed by atoms with E-state index in [4.69, 9.17) is 4.99 Å². The first kappa shape index (κ1) is 13.0. The summed E-state index contributed by atoms with van der Waals surface area (Å²) in [6.45, 7) is 4.61. The van der Waals surface area contributed by atoms with Gasteiger partial charge < -0.3 is 5.11 Å². The van der Waals surface area contributed by atoms with Crippen LogP contribution in [0.15, 0.2) is 40.9 Å². The third kappa shape index (κ3) is 1.33. The Bertz CT molecular complexity index is 707. The lowest BCUT2D eigenvalue weighted by Gasteiger charge is -2.52. The highest BCUT2D eigenvalue weighted by Crippen LogP contribution is 2.59. The number of para-hydroxylation sites is 1. The van der Waals surface area contributed by atoms with Crippen LogP contribution in [0.3, 0.4) is 0 Å². The van der Waals surface area contributed by atoms with E-state index >= 15 is 0 Å². The summed E-state index contributed by atoms with van der Waals surface area (Å²) in [6.07, 6.45) is 4.61. The summed E-state index contributed by atoms with van der Waals surface area (Å²) < 4.78 is 0. The van der Waals surface area contributed by atoms with Gasteiger partial charge in [-0.1, -0.05) is 29.8 Å². The van der Waals surface area contributed by atoms with Gasteiger partial charge in [0.05, 0.1) is 17.7 Å². The maximum atomic E-state index is 10.1. The Labute approximate surface area is 131 Å². The van der Waals surface area contributed by atoms with Crippen molar-refractivity contribution in [3.05, 3.63) is 41.5 Å². The molecule has 22 heavy (non-hydrogen) atoms. The fourth-order valence-electron chi connectivity index (χ4n) is 5.71. The molecule has 4 unspecified atom stereocenters. The lowest BCUT2D eigenvalue weighted by molar-refractivity contribution is 0.114. The monoisotopic (exact) mass is 294 g/mol. The summed E-state index contributed by atoms with van der Waals surface area (Å²) in [5.41, 5.74) is 5.42.